The lowest BCUT2D eigenvalue weighted by atomic mass is 9.82. The quantitative estimate of drug-likeness (QED) is 0.898. The van der Waals surface area contributed by atoms with Gasteiger partial charge in [0.05, 0.1) is 0 Å². The molecule has 0 amide bonds. The zero-order valence-electron chi connectivity index (χ0n) is 12.8. The van der Waals surface area contributed by atoms with Gasteiger partial charge in [-0.05, 0) is 36.1 Å². The Morgan fingerprint density at radius 1 is 0.826 bits per heavy atom. The second-order valence-corrected chi connectivity index (χ2v) is 6.86. The number of rotatable bonds is 4. The number of halogens is 2. The molecule has 2 aromatic rings. The van der Waals surface area contributed by atoms with Gasteiger partial charge in [0.15, 0.2) is 0 Å². The van der Waals surface area contributed by atoms with Crippen LogP contribution in [-0.2, 0) is 17.6 Å². The predicted octanol–water partition coefficient (Wildman–Crippen LogP) is 4.18. The molecule has 0 aliphatic carbocycles. The standard InChI is InChI=1S/C19H19Cl2NO/c20-17-7-3-1-5-13(17)9-15-11-22-12-16(19(15)23)10-14-6-2-4-8-18(14)21/h1-8,15-16,22H,9-12H2. The van der Waals surface area contributed by atoms with Crippen molar-refractivity contribution in [1.29, 1.82) is 0 Å². The fourth-order valence-electron chi connectivity index (χ4n) is 3.17. The van der Waals surface area contributed by atoms with E-state index < -0.39 is 0 Å². The number of nitrogens with one attached hydrogen (secondary N) is 1. The molecule has 2 unspecified atom stereocenters. The lowest BCUT2D eigenvalue weighted by Gasteiger charge is -2.29. The molecule has 2 nitrogen and oxygen atoms in total. The van der Waals surface area contributed by atoms with Gasteiger partial charge in [0.25, 0.3) is 0 Å². The van der Waals surface area contributed by atoms with Gasteiger partial charge in [-0.3, -0.25) is 4.79 Å². The maximum atomic E-state index is 12.8. The normalized spacial score (nSPS) is 21.4. The van der Waals surface area contributed by atoms with Gasteiger partial charge in [-0.2, -0.15) is 0 Å². The zero-order chi connectivity index (χ0) is 16.2. The molecule has 1 aliphatic rings. The fraction of sp³-hybridized carbons (Fsp3) is 0.316. The average Bonchev–Trinajstić information content (AvgIpc) is 2.55. The second-order valence-electron chi connectivity index (χ2n) is 6.05. The van der Waals surface area contributed by atoms with Crippen LogP contribution in [0.15, 0.2) is 48.5 Å². The Balaban J connectivity index is 1.71. The molecular weight excluding hydrogens is 329 g/mol. The van der Waals surface area contributed by atoms with Crippen molar-refractivity contribution in [2.75, 3.05) is 13.1 Å². The van der Waals surface area contributed by atoms with Crippen LogP contribution in [-0.4, -0.2) is 18.9 Å². The monoisotopic (exact) mass is 347 g/mol. The number of hydrogen-bond acceptors (Lipinski definition) is 2. The van der Waals surface area contributed by atoms with Gasteiger partial charge in [0.1, 0.15) is 5.78 Å². The summed E-state index contributed by atoms with van der Waals surface area (Å²) in [6.45, 7) is 1.42. The summed E-state index contributed by atoms with van der Waals surface area (Å²) in [5.41, 5.74) is 2.07. The maximum absolute atomic E-state index is 12.8. The van der Waals surface area contributed by atoms with Gasteiger partial charge in [-0.25, -0.2) is 0 Å². The Morgan fingerprint density at radius 2 is 1.26 bits per heavy atom. The van der Waals surface area contributed by atoms with Crippen LogP contribution in [0.3, 0.4) is 0 Å². The molecule has 1 heterocycles. The fourth-order valence-corrected chi connectivity index (χ4v) is 3.60. The number of hydrogen-bond donors (Lipinski definition) is 1. The van der Waals surface area contributed by atoms with E-state index in [-0.39, 0.29) is 11.8 Å². The molecule has 1 N–H and O–H groups in total. The minimum absolute atomic E-state index is 0.0314. The lowest BCUT2D eigenvalue weighted by Crippen LogP contribution is -2.45. The van der Waals surface area contributed by atoms with E-state index in [0.29, 0.717) is 31.7 Å². The molecule has 3 rings (SSSR count). The Morgan fingerprint density at radius 3 is 1.70 bits per heavy atom. The third-order valence-electron chi connectivity index (χ3n) is 4.43. The molecule has 1 fully saturated rings. The van der Waals surface area contributed by atoms with Crippen LogP contribution in [0.1, 0.15) is 11.1 Å². The van der Waals surface area contributed by atoms with E-state index in [2.05, 4.69) is 5.32 Å². The second kappa shape index (κ2) is 7.48. The average molecular weight is 348 g/mol. The molecule has 0 radical (unpaired) electrons. The van der Waals surface area contributed by atoms with Gasteiger partial charge in [0, 0.05) is 35.0 Å². The number of ketones is 1. The van der Waals surface area contributed by atoms with Gasteiger partial charge >= 0.3 is 0 Å². The molecule has 0 saturated carbocycles. The van der Waals surface area contributed by atoms with E-state index in [1.807, 2.05) is 48.5 Å². The van der Waals surface area contributed by atoms with Crippen LogP contribution in [0, 0.1) is 11.8 Å². The third kappa shape index (κ3) is 3.95. The summed E-state index contributed by atoms with van der Waals surface area (Å²) in [5, 5.41) is 4.85. The third-order valence-corrected chi connectivity index (χ3v) is 5.17. The Bertz CT molecular complexity index is 644. The topological polar surface area (TPSA) is 29.1 Å². The summed E-state index contributed by atoms with van der Waals surface area (Å²) < 4.78 is 0. The first kappa shape index (κ1) is 16.5. The van der Waals surface area contributed by atoms with Crippen molar-refractivity contribution in [3.8, 4) is 0 Å². The van der Waals surface area contributed by atoms with E-state index in [1.165, 1.54) is 0 Å². The first-order valence-electron chi connectivity index (χ1n) is 7.86. The van der Waals surface area contributed by atoms with E-state index in [9.17, 15) is 4.79 Å². The highest BCUT2D eigenvalue weighted by atomic mass is 35.5. The number of benzene rings is 2. The predicted molar refractivity (Wildman–Crippen MR) is 95.2 cm³/mol. The first-order valence-corrected chi connectivity index (χ1v) is 8.62. The van der Waals surface area contributed by atoms with Crippen molar-refractivity contribution in [2.24, 2.45) is 11.8 Å². The van der Waals surface area contributed by atoms with Crippen molar-refractivity contribution >= 4 is 29.0 Å². The van der Waals surface area contributed by atoms with E-state index in [4.69, 9.17) is 23.2 Å². The summed E-state index contributed by atoms with van der Waals surface area (Å²) >= 11 is 12.5. The molecule has 2 atom stereocenters. The van der Waals surface area contributed by atoms with Crippen LogP contribution in [0.2, 0.25) is 10.0 Å². The summed E-state index contributed by atoms with van der Waals surface area (Å²) in [7, 11) is 0. The summed E-state index contributed by atoms with van der Waals surface area (Å²) in [5.74, 6) is 0.246. The molecular formula is C19H19Cl2NO. The smallest absolute Gasteiger partial charge is 0.142 e. The van der Waals surface area contributed by atoms with Crippen molar-refractivity contribution in [1.82, 2.24) is 5.32 Å². The van der Waals surface area contributed by atoms with E-state index in [1.54, 1.807) is 0 Å². The van der Waals surface area contributed by atoms with Gasteiger partial charge < -0.3 is 5.32 Å². The molecule has 2 aromatic carbocycles. The lowest BCUT2D eigenvalue weighted by molar-refractivity contribution is -0.128. The number of piperidine rings is 1. The Hall–Kier alpha value is -1.35. The number of carbonyl (C=O) groups is 1. The van der Waals surface area contributed by atoms with Crippen LogP contribution >= 0.6 is 23.2 Å². The summed E-state index contributed by atoms with van der Waals surface area (Å²) in [4.78, 5) is 12.8. The van der Waals surface area contributed by atoms with Crippen molar-refractivity contribution in [2.45, 2.75) is 12.8 Å². The maximum Gasteiger partial charge on any atom is 0.142 e. The number of Topliss-reactive ketones (excluding diaryl/α,β-unsaturated/α-hetero) is 1. The molecule has 0 aromatic heterocycles. The number of carbonyl (C=O) groups excluding carboxylic acids is 1. The highest BCUT2D eigenvalue weighted by Gasteiger charge is 2.31. The Labute approximate surface area is 146 Å². The van der Waals surface area contributed by atoms with E-state index in [0.717, 1.165) is 21.2 Å². The highest BCUT2D eigenvalue weighted by Crippen LogP contribution is 2.26. The van der Waals surface area contributed by atoms with Crippen LogP contribution in [0.4, 0.5) is 0 Å². The Kier molecular flexibility index (Phi) is 5.37. The molecule has 1 aliphatic heterocycles. The minimum Gasteiger partial charge on any atom is -0.315 e. The van der Waals surface area contributed by atoms with Gasteiger partial charge in [-0.1, -0.05) is 59.6 Å². The van der Waals surface area contributed by atoms with Crippen molar-refractivity contribution in [3.05, 3.63) is 69.7 Å². The summed E-state index contributed by atoms with van der Waals surface area (Å²) in [6, 6.07) is 15.5. The molecule has 0 bridgehead atoms. The summed E-state index contributed by atoms with van der Waals surface area (Å²) in [6.07, 6.45) is 1.37. The van der Waals surface area contributed by atoms with E-state index >= 15 is 0 Å². The van der Waals surface area contributed by atoms with Crippen LogP contribution in [0.25, 0.3) is 0 Å². The van der Waals surface area contributed by atoms with Crippen LogP contribution in [0.5, 0.6) is 0 Å². The van der Waals surface area contributed by atoms with Crippen molar-refractivity contribution < 1.29 is 4.79 Å². The van der Waals surface area contributed by atoms with Gasteiger partial charge in [-0.15, -0.1) is 0 Å². The minimum atomic E-state index is -0.0314. The van der Waals surface area contributed by atoms with Crippen molar-refractivity contribution in [3.63, 3.8) is 0 Å². The largest absolute Gasteiger partial charge is 0.315 e. The molecule has 23 heavy (non-hydrogen) atoms. The molecule has 120 valence electrons. The molecule has 0 spiro atoms. The SMILES string of the molecule is O=C1C(Cc2ccccc2Cl)CNCC1Cc1ccccc1Cl. The first-order chi connectivity index (χ1) is 11.1. The molecule has 4 heteroatoms. The highest BCUT2D eigenvalue weighted by molar-refractivity contribution is 6.31. The van der Waals surface area contributed by atoms with Crippen LogP contribution < -0.4 is 5.32 Å². The van der Waals surface area contributed by atoms with Gasteiger partial charge in [0.2, 0.25) is 0 Å². The molecule has 1 saturated heterocycles. The zero-order valence-corrected chi connectivity index (χ0v) is 14.3.